The zero-order valence-corrected chi connectivity index (χ0v) is 17.2. The number of thiocarbonyl (C=S) groups is 1. The van der Waals surface area contributed by atoms with E-state index in [9.17, 15) is 9.59 Å². The van der Waals surface area contributed by atoms with Crippen molar-refractivity contribution in [2.24, 2.45) is 0 Å². The fraction of sp³-hybridized carbons (Fsp3) is 0.0870. The Morgan fingerprint density at radius 3 is 2.10 bits per heavy atom. The molecule has 30 heavy (non-hydrogen) atoms. The summed E-state index contributed by atoms with van der Waals surface area (Å²) in [6.07, 6.45) is 0. The van der Waals surface area contributed by atoms with Crippen LogP contribution in [0.5, 0.6) is 5.75 Å². The van der Waals surface area contributed by atoms with E-state index < -0.39 is 0 Å². The molecule has 0 aliphatic carbocycles. The first-order valence-corrected chi connectivity index (χ1v) is 9.77. The molecule has 152 valence electrons. The van der Waals surface area contributed by atoms with Gasteiger partial charge in [-0.1, -0.05) is 24.3 Å². The van der Waals surface area contributed by atoms with E-state index in [2.05, 4.69) is 16.0 Å². The topological polar surface area (TPSA) is 79.5 Å². The van der Waals surface area contributed by atoms with E-state index in [1.54, 1.807) is 72.8 Å². The van der Waals surface area contributed by atoms with Crippen molar-refractivity contribution >= 4 is 40.5 Å². The third-order valence-corrected chi connectivity index (χ3v) is 4.27. The Balaban J connectivity index is 1.58. The molecule has 0 aliphatic rings. The lowest BCUT2D eigenvalue weighted by Gasteiger charge is -2.12. The van der Waals surface area contributed by atoms with Gasteiger partial charge in [-0.05, 0) is 73.7 Å². The van der Waals surface area contributed by atoms with Crippen molar-refractivity contribution < 1.29 is 14.3 Å². The summed E-state index contributed by atoms with van der Waals surface area (Å²) in [6.45, 7) is 2.46. The highest BCUT2D eigenvalue weighted by atomic mass is 32.1. The minimum absolute atomic E-state index is 0.153. The normalized spacial score (nSPS) is 10.0. The van der Waals surface area contributed by atoms with E-state index in [-0.39, 0.29) is 16.9 Å². The van der Waals surface area contributed by atoms with E-state index in [1.807, 2.05) is 13.0 Å². The van der Waals surface area contributed by atoms with Crippen molar-refractivity contribution in [1.29, 1.82) is 0 Å². The second-order valence-corrected chi connectivity index (χ2v) is 6.67. The van der Waals surface area contributed by atoms with Crippen molar-refractivity contribution in [2.45, 2.75) is 6.92 Å². The Hall–Kier alpha value is -3.71. The maximum Gasteiger partial charge on any atom is 0.257 e. The van der Waals surface area contributed by atoms with E-state index in [4.69, 9.17) is 17.0 Å². The molecule has 0 saturated carbocycles. The molecule has 0 aromatic heterocycles. The third kappa shape index (κ3) is 5.89. The third-order valence-electron chi connectivity index (χ3n) is 4.07. The number of carbonyl (C=O) groups excluding carboxylic acids is 2. The van der Waals surface area contributed by atoms with Gasteiger partial charge in [-0.15, -0.1) is 0 Å². The molecule has 7 heteroatoms. The number of ether oxygens (including phenoxy) is 1. The Morgan fingerprint density at radius 2 is 1.43 bits per heavy atom. The summed E-state index contributed by atoms with van der Waals surface area (Å²) in [6, 6.07) is 22.8. The molecule has 0 spiro atoms. The van der Waals surface area contributed by atoms with Crippen LogP contribution in [0.3, 0.4) is 0 Å². The number of carbonyl (C=O) groups is 2. The second kappa shape index (κ2) is 10.2. The lowest BCUT2D eigenvalue weighted by Crippen LogP contribution is -2.34. The van der Waals surface area contributed by atoms with Crippen LogP contribution in [0.15, 0.2) is 78.9 Å². The summed E-state index contributed by atoms with van der Waals surface area (Å²) in [5, 5.41) is 8.57. The van der Waals surface area contributed by atoms with Gasteiger partial charge in [0.05, 0.1) is 6.61 Å². The average molecular weight is 420 g/mol. The van der Waals surface area contributed by atoms with Gasteiger partial charge in [-0.2, -0.15) is 0 Å². The van der Waals surface area contributed by atoms with Crippen LogP contribution in [0.4, 0.5) is 11.4 Å². The van der Waals surface area contributed by atoms with Crippen LogP contribution in [0, 0.1) is 0 Å². The summed E-state index contributed by atoms with van der Waals surface area (Å²) in [4.78, 5) is 24.6. The molecule has 3 N–H and O–H groups in total. The molecule has 2 amide bonds. The molecule has 0 fully saturated rings. The van der Waals surface area contributed by atoms with Crippen molar-refractivity contribution in [1.82, 2.24) is 5.32 Å². The fourth-order valence-corrected chi connectivity index (χ4v) is 2.88. The van der Waals surface area contributed by atoms with Gasteiger partial charge in [0, 0.05) is 22.5 Å². The minimum atomic E-state index is -0.330. The number of benzene rings is 3. The molecule has 0 atom stereocenters. The van der Waals surface area contributed by atoms with E-state index in [0.717, 1.165) is 0 Å². The average Bonchev–Trinajstić information content (AvgIpc) is 2.75. The highest BCUT2D eigenvalue weighted by Crippen LogP contribution is 2.16. The molecule has 0 radical (unpaired) electrons. The van der Waals surface area contributed by atoms with Gasteiger partial charge in [0.15, 0.2) is 5.11 Å². The van der Waals surface area contributed by atoms with E-state index in [0.29, 0.717) is 34.9 Å². The summed E-state index contributed by atoms with van der Waals surface area (Å²) >= 11 is 5.23. The molecule has 0 heterocycles. The van der Waals surface area contributed by atoms with Crippen LogP contribution in [-0.4, -0.2) is 23.5 Å². The second-order valence-electron chi connectivity index (χ2n) is 6.27. The summed E-state index contributed by atoms with van der Waals surface area (Å²) in [5.74, 6) is 0.160. The van der Waals surface area contributed by atoms with Gasteiger partial charge in [0.25, 0.3) is 11.8 Å². The number of anilines is 2. The number of hydrogen-bond donors (Lipinski definition) is 3. The minimum Gasteiger partial charge on any atom is -0.494 e. The molecule has 6 nitrogen and oxygen atoms in total. The van der Waals surface area contributed by atoms with Gasteiger partial charge in [0.1, 0.15) is 5.75 Å². The zero-order chi connectivity index (χ0) is 21.3. The standard InChI is InChI=1S/C23H21N3O3S/c1-2-29-20-13-11-17(12-14-20)22(28)26-23(30)25-19-10-6-9-18(15-19)24-21(27)16-7-4-3-5-8-16/h3-15H,2H2,1H3,(H,24,27)(H2,25,26,28,30). The molecule has 0 bridgehead atoms. The van der Waals surface area contributed by atoms with E-state index in [1.165, 1.54) is 0 Å². The van der Waals surface area contributed by atoms with Gasteiger partial charge in [-0.3, -0.25) is 14.9 Å². The number of rotatable bonds is 6. The van der Waals surface area contributed by atoms with Crippen LogP contribution >= 0.6 is 12.2 Å². The van der Waals surface area contributed by atoms with Crippen LogP contribution in [0.25, 0.3) is 0 Å². The molecule has 0 saturated heterocycles. The largest absolute Gasteiger partial charge is 0.494 e. The van der Waals surface area contributed by atoms with Crippen molar-refractivity contribution in [3.63, 3.8) is 0 Å². The highest BCUT2D eigenvalue weighted by molar-refractivity contribution is 7.80. The van der Waals surface area contributed by atoms with Crippen LogP contribution in [-0.2, 0) is 0 Å². The Bertz CT molecular complexity index is 1040. The first-order valence-electron chi connectivity index (χ1n) is 9.37. The molecular weight excluding hydrogens is 398 g/mol. The fourth-order valence-electron chi connectivity index (χ4n) is 2.67. The summed E-state index contributed by atoms with van der Waals surface area (Å²) in [7, 11) is 0. The summed E-state index contributed by atoms with van der Waals surface area (Å²) < 4.78 is 5.37. The number of amides is 2. The Kier molecular flexibility index (Phi) is 7.13. The van der Waals surface area contributed by atoms with Crippen molar-refractivity contribution in [3.8, 4) is 5.75 Å². The lowest BCUT2D eigenvalue weighted by molar-refractivity contribution is 0.0976. The molecule has 3 aromatic carbocycles. The lowest BCUT2D eigenvalue weighted by atomic mass is 10.2. The summed E-state index contributed by atoms with van der Waals surface area (Å²) in [5.41, 5.74) is 2.27. The Labute approximate surface area is 180 Å². The molecule has 3 rings (SSSR count). The maximum absolute atomic E-state index is 12.3. The van der Waals surface area contributed by atoms with Crippen LogP contribution < -0.4 is 20.7 Å². The van der Waals surface area contributed by atoms with Crippen molar-refractivity contribution in [2.75, 3.05) is 17.2 Å². The predicted molar refractivity (Wildman–Crippen MR) is 122 cm³/mol. The molecule has 0 unspecified atom stereocenters. The first-order chi connectivity index (χ1) is 14.5. The van der Waals surface area contributed by atoms with Gasteiger partial charge < -0.3 is 15.4 Å². The Morgan fingerprint density at radius 1 is 0.800 bits per heavy atom. The van der Waals surface area contributed by atoms with E-state index >= 15 is 0 Å². The highest BCUT2D eigenvalue weighted by Gasteiger charge is 2.09. The van der Waals surface area contributed by atoms with Crippen LogP contribution in [0.1, 0.15) is 27.6 Å². The zero-order valence-electron chi connectivity index (χ0n) is 16.3. The quantitative estimate of drug-likeness (QED) is 0.514. The molecule has 0 aliphatic heterocycles. The van der Waals surface area contributed by atoms with Gasteiger partial charge in [0.2, 0.25) is 0 Å². The van der Waals surface area contributed by atoms with Crippen LogP contribution in [0.2, 0.25) is 0 Å². The SMILES string of the molecule is CCOc1ccc(C(=O)NC(=S)Nc2cccc(NC(=O)c3ccccc3)c2)cc1. The maximum atomic E-state index is 12.3. The first kappa shape index (κ1) is 21.0. The predicted octanol–water partition coefficient (Wildman–Crippen LogP) is 4.46. The number of hydrogen-bond acceptors (Lipinski definition) is 4. The number of nitrogens with one attached hydrogen (secondary N) is 3. The smallest absolute Gasteiger partial charge is 0.257 e. The van der Waals surface area contributed by atoms with Gasteiger partial charge >= 0.3 is 0 Å². The monoisotopic (exact) mass is 419 g/mol. The molecular formula is C23H21N3O3S. The molecule has 3 aromatic rings. The van der Waals surface area contributed by atoms with Gasteiger partial charge in [-0.25, -0.2) is 0 Å². The van der Waals surface area contributed by atoms with Crippen molar-refractivity contribution in [3.05, 3.63) is 90.0 Å².